The van der Waals surface area contributed by atoms with Gasteiger partial charge >= 0.3 is 0 Å². The highest BCUT2D eigenvalue weighted by molar-refractivity contribution is 5.80. The minimum Gasteiger partial charge on any atom is -0.330 e. The zero-order chi connectivity index (χ0) is 13.8. The van der Waals surface area contributed by atoms with Crippen LogP contribution < -0.4 is 11.3 Å². The van der Waals surface area contributed by atoms with E-state index in [2.05, 4.69) is 14.9 Å². The lowest BCUT2D eigenvalue weighted by molar-refractivity contribution is 0.316. The number of nitrogens with one attached hydrogen (secondary N) is 1. The van der Waals surface area contributed by atoms with Gasteiger partial charge in [0.1, 0.15) is 5.82 Å². The predicted molar refractivity (Wildman–Crippen MR) is 77.1 cm³/mol. The Hall–Kier alpha value is -1.72. The highest BCUT2D eigenvalue weighted by Crippen LogP contribution is 2.12. The summed E-state index contributed by atoms with van der Waals surface area (Å²) in [5, 5.41) is 0.647. The molecule has 1 aromatic carbocycles. The van der Waals surface area contributed by atoms with Gasteiger partial charge in [-0.1, -0.05) is 12.1 Å². The molecule has 0 unspecified atom stereocenters. The van der Waals surface area contributed by atoms with Crippen LogP contribution in [0.25, 0.3) is 10.9 Å². The minimum absolute atomic E-state index is 0.0732. The van der Waals surface area contributed by atoms with E-state index in [-0.39, 0.29) is 5.56 Å². The molecule has 102 valence electrons. The van der Waals surface area contributed by atoms with Crippen molar-refractivity contribution in [1.29, 1.82) is 0 Å². The molecule has 0 spiro atoms. The number of H-pyrrole nitrogens is 1. The van der Waals surface area contributed by atoms with Gasteiger partial charge in [0.25, 0.3) is 5.56 Å². The van der Waals surface area contributed by atoms with Crippen molar-refractivity contribution in [2.75, 3.05) is 20.1 Å². The van der Waals surface area contributed by atoms with Crippen LogP contribution in [0, 0.1) is 6.92 Å². The van der Waals surface area contributed by atoms with E-state index < -0.39 is 0 Å². The molecule has 0 atom stereocenters. The van der Waals surface area contributed by atoms with E-state index in [4.69, 9.17) is 5.73 Å². The molecule has 2 aromatic rings. The molecule has 19 heavy (non-hydrogen) atoms. The van der Waals surface area contributed by atoms with E-state index in [0.717, 1.165) is 24.0 Å². The number of rotatable bonds is 5. The van der Waals surface area contributed by atoms with Gasteiger partial charge in [-0.15, -0.1) is 0 Å². The number of fused-ring (bicyclic) bond motifs is 1. The molecule has 5 nitrogen and oxygen atoms in total. The Morgan fingerprint density at radius 3 is 2.95 bits per heavy atom. The molecule has 0 fully saturated rings. The lowest BCUT2D eigenvalue weighted by Crippen LogP contribution is -2.24. The SMILES string of the molecule is Cc1cccc2c(=O)[nH]c(CN(C)CCCN)nc12. The molecule has 0 aliphatic rings. The zero-order valence-electron chi connectivity index (χ0n) is 11.4. The molecule has 0 aliphatic carbocycles. The van der Waals surface area contributed by atoms with Gasteiger partial charge in [0.05, 0.1) is 17.4 Å². The summed E-state index contributed by atoms with van der Waals surface area (Å²) in [6.45, 7) is 4.16. The molecule has 1 heterocycles. The quantitative estimate of drug-likeness (QED) is 0.841. The molecule has 1 aromatic heterocycles. The maximum absolute atomic E-state index is 12.0. The van der Waals surface area contributed by atoms with E-state index in [0.29, 0.717) is 24.3 Å². The second-order valence-corrected chi connectivity index (χ2v) is 4.86. The van der Waals surface area contributed by atoms with E-state index in [1.54, 1.807) is 6.07 Å². The van der Waals surface area contributed by atoms with Gasteiger partial charge in [0, 0.05) is 0 Å². The number of aryl methyl sites for hydroxylation is 1. The number of benzene rings is 1. The van der Waals surface area contributed by atoms with Crippen molar-refractivity contribution in [2.45, 2.75) is 19.9 Å². The lowest BCUT2D eigenvalue weighted by atomic mass is 10.1. The van der Waals surface area contributed by atoms with Crippen LogP contribution in [0.15, 0.2) is 23.0 Å². The number of nitrogens with zero attached hydrogens (tertiary/aromatic N) is 2. The van der Waals surface area contributed by atoms with Gasteiger partial charge in [0.2, 0.25) is 0 Å². The van der Waals surface area contributed by atoms with Gasteiger partial charge in [-0.2, -0.15) is 0 Å². The summed E-state index contributed by atoms with van der Waals surface area (Å²) in [5.74, 6) is 0.700. The normalized spacial score (nSPS) is 11.4. The Morgan fingerprint density at radius 1 is 1.42 bits per heavy atom. The highest BCUT2D eigenvalue weighted by atomic mass is 16.1. The van der Waals surface area contributed by atoms with Crippen LogP contribution in [0.4, 0.5) is 0 Å². The van der Waals surface area contributed by atoms with Crippen molar-refractivity contribution < 1.29 is 0 Å². The Balaban J connectivity index is 2.30. The van der Waals surface area contributed by atoms with Crippen LogP contribution in [0.3, 0.4) is 0 Å². The number of aromatic nitrogens is 2. The van der Waals surface area contributed by atoms with E-state index in [1.165, 1.54) is 0 Å². The average molecular weight is 260 g/mol. The first-order valence-electron chi connectivity index (χ1n) is 6.49. The van der Waals surface area contributed by atoms with Crippen LogP contribution in [0.2, 0.25) is 0 Å². The highest BCUT2D eigenvalue weighted by Gasteiger charge is 2.07. The monoisotopic (exact) mass is 260 g/mol. The minimum atomic E-state index is -0.0732. The van der Waals surface area contributed by atoms with Crippen molar-refractivity contribution in [3.05, 3.63) is 39.9 Å². The standard InChI is InChI=1S/C14H20N4O/c1-10-5-3-6-11-13(10)16-12(17-14(11)19)9-18(2)8-4-7-15/h3,5-6H,4,7-9,15H2,1-2H3,(H,16,17,19). The summed E-state index contributed by atoms with van der Waals surface area (Å²) in [7, 11) is 2.00. The summed E-state index contributed by atoms with van der Waals surface area (Å²) >= 11 is 0. The largest absolute Gasteiger partial charge is 0.330 e. The molecule has 0 aliphatic heterocycles. The fourth-order valence-corrected chi connectivity index (χ4v) is 2.12. The first-order valence-corrected chi connectivity index (χ1v) is 6.49. The van der Waals surface area contributed by atoms with Gasteiger partial charge in [-0.25, -0.2) is 4.98 Å². The van der Waals surface area contributed by atoms with Gasteiger partial charge in [-0.05, 0) is 45.1 Å². The molecule has 0 radical (unpaired) electrons. The Bertz CT molecular complexity index is 620. The van der Waals surface area contributed by atoms with E-state index in [1.807, 2.05) is 26.1 Å². The summed E-state index contributed by atoms with van der Waals surface area (Å²) < 4.78 is 0. The van der Waals surface area contributed by atoms with Crippen LogP contribution in [0.5, 0.6) is 0 Å². The van der Waals surface area contributed by atoms with Crippen LogP contribution >= 0.6 is 0 Å². The summed E-state index contributed by atoms with van der Waals surface area (Å²) in [4.78, 5) is 21.5. The van der Waals surface area contributed by atoms with Crippen molar-refractivity contribution in [3.63, 3.8) is 0 Å². The van der Waals surface area contributed by atoms with Crippen LogP contribution in [-0.4, -0.2) is 35.0 Å². The Kier molecular flexibility index (Phi) is 4.29. The number of nitrogens with two attached hydrogens (primary N) is 1. The number of para-hydroxylation sites is 1. The van der Waals surface area contributed by atoms with Crippen molar-refractivity contribution in [1.82, 2.24) is 14.9 Å². The second kappa shape index (κ2) is 5.95. The molecule has 0 amide bonds. The fraction of sp³-hybridized carbons (Fsp3) is 0.429. The van der Waals surface area contributed by atoms with Gasteiger partial charge in [-0.3, -0.25) is 9.69 Å². The number of aromatic amines is 1. The van der Waals surface area contributed by atoms with Gasteiger partial charge < -0.3 is 10.7 Å². The molecule has 3 N–H and O–H groups in total. The number of hydrogen-bond donors (Lipinski definition) is 2. The molecule has 5 heteroatoms. The van der Waals surface area contributed by atoms with Crippen molar-refractivity contribution in [2.24, 2.45) is 5.73 Å². The second-order valence-electron chi connectivity index (χ2n) is 4.86. The summed E-state index contributed by atoms with van der Waals surface area (Å²) in [6, 6.07) is 5.65. The maximum atomic E-state index is 12.0. The third-order valence-electron chi connectivity index (χ3n) is 3.15. The molecular weight excluding hydrogens is 240 g/mol. The van der Waals surface area contributed by atoms with Crippen molar-refractivity contribution in [3.8, 4) is 0 Å². The Labute approximate surface area is 112 Å². The lowest BCUT2D eigenvalue weighted by Gasteiger charge is -2.15. The third-order valence-corrected chi connectivity index (χ3v) is 3.15. The third kappa shape index (κ3) is 3.19. The van der Waals surface area contributed by atoms with Crippen LogP contribution in [-0.2, 0) is 6.54 Å². The van der Waals surface area contributed by atoms with Crippen molar-refractivity contribution >= 4 is 10.9 Å². The van der Waals surface area contributed by atoms with Crippen LogP contribution in [0.1, 0.15) is 17.8 Å². The Morgan fingerprint density at radius 2 is 2.21 bits per heavy atom. The van der Waals surface area contributed by atoms with E-state index in [9.17, 15) is 4.79 Å². The molecule has 0 saturated heterocycles. The zero-order valence-corrected chi connectivity index (χ0v) is 11.4. The maximum Gasteiger partial charge on any atom is 0.258 e. The summed E-state index contributed by atoms with van der Waals surface area (Å²) in [6.07, 6.45) is 0.938. The topological polar surface area (TPSA) is 75.0 Å². The van der Waals surface area contributed by atoms with E-state index >= 15 is 0 Å². The molecule has 0 bridgehead atoms. The predicted octanol–water partition coefficient (Wildman–Crippen LogP) is 1.01. The molecule has 2 rings (SSSR count). The first-order chi connectivity index (χ1) is 9.11. The fourth-order valence-electron chi connectivity index (χ4n) is 2.12. The summed E-state index contributed by atoms with van der Waals surface area (Å²) in [5.41, 5.74) is 7.22. The molecule has 0 saturated carbocycles. The molecular formula is C14H20N4O. The average Bonchev–Trinajstić information content (AvgIpc) is 2.38. The first kappa shape index (κ1) is 13.7. The smallest absolute Gasteiger partial charge is 0.258 e. The van der Waals surface area contributed by atoms with Gasteiger partial charge in [0.15, 0.2) is 0 Å². The number of hydrogen-bond acceptors (Lipinski definition) is 4.